The lowest BCUT2D eigenvalue weighted by Gasteiger charge is -2.37. The van der Waals surface area contributed by atoms with Gasteiger partial charge in [-0.1, -0.05) is 31.6 Å². The monoisotopic (exact) mass is 319 g/mol. The molecule has 2 aliphatic rings. The van der Waals surface area contributed by atoms with E-state index in [1.807, 2.05) is 24.3 Å². The summed E-state index contributed by atoms with van der Waals surface area (Å²) in [6, 6.07) is 3.31. The van der Waals surface area contributed by atoms with Gasteiger partial charge in [-0.3, -0.25) is 9.59 Å². The van der Waals surface area contributed by atoms with E-state index in [0.717, 1.165) is 18.4 Å². The molecule has 1 atom stereocenters. The minimum atomic E-state index is -0.409. The van der Waals surface area contributed by atoms with Crippen molar-refractivity contribution in [3.05, 3.63) is 39.4 Å². The lowest BCUT2D eigenvalue weighted by molar-refractivity contribution is 0.0615. The molecule has 1 aromatic carbocycles. The van der Waals surface area contributed by atoms with Crippen LogP contribution in [0.25, 0.3) is 6.08 Å². The number of hydrogen-bond acceptors (Lipinski definition) is 2. The van der Waals surface area contributed by atoms with Crippen LogP contribution in [0.2, 0.25) is 0 Å². The molecule has 1 heterocycles. The predicted molar refractivity (Wildman–Crippen MR) is 77.2 cm³/mol. The molecule has 0 N–H and O–H groups in total. The third-order valence-corrected chi connectivity index (χ3v) is 4.38. The Hall–Kier alpha value is -1.42. The Labute approximate surface area is 120 Å². The Bertz CT molecular complexity index is 606. The molecule has 4 heteroatoms. The van der Waals surface area contributed by atoms with E-state index in [4.69, 9.17) is 0 Å². The van der Waals surface area contributed by atoms with Crippen molar-refractivity contribution < 1.29 is 9.59 Å². The normalized spacial score (nSPS) is 20.1. The van der Waals surface area contributed by atoms with E-state index in [9.17, 15) is 9.59 Å². The van der Waals surface area contributed by atoms with E-state index in [1.54, 1.807) is 4.90 Å². The first-order chi connectivity index (χ1) is 9.15. The summed E-state index contributed by atoms with van der Waals surface area (Å²) in [5.41, 5.74) is 1.96. The Morgan fingerprint density at radius 2 is 2.05 bits per heavy atom. The molecule has 1 aliphatic carbocycles. The van der Waals surface area contributed by atoms with Crippen LogP contribution in [0.15, 0.2) is 22.7 Å². The maximum absolute atomic E-state index is 12.6. The Kier molecular flexibility index (Phi) is 3.05. The van der Waals surface area contributed by atoms with Crippen LogP contribution in [-0.4, -0.2) is 29.2 Å². The molecule has 0 fully saturated rings. The van der Waals surface area contributed by atoms with Gasteiger partial charge in [0.25, 0.3) is 5.91 Å². The highest BCUT2D eigenvalue weighted by molar-refractivity contribution is 9.10. The quantitative estimate of drug-likeness (QED) is 0.857. The molecule has 3 nitrogen and oxygen atoms in total. The first-order valence-corrected chi connectivity index (χ1v) is 7.30. The Morgan fingerprint density at radius 3 is 2.79 bits per heavy atom. The zero-order valence-corrected chi connectivity index (χ0v) is 12.2. The van der Waals surface area contributed by atoms with Crippen molar-refractivity contribution in [2.45, 2.75) is 25.8 Å². The average molecular weight is 320 g/mol. The molecule has 1 aliphatic heterocycles. The van der Waals surface area contributed by atoms with Crippen molar-refractivity contribution in [1.82, 2.24) is 4.90 Å². The topological polar surface area (TPSA) is 37.4 Å². The summed E-state index contributed by atoms with van der Waals surface area (Å²) in [5.74, 6) is 0.00984. The van der Waals surface area contributed by atoms with Gasteiger partial charge in [0.1, 0.15) is 6.04 Å². The van der Waals surface area contributed by atoms with Gasteiger partial charge in [0.15, 0.2) is 5.78 Å². The van der Waals surface area contributed by atoms with E-state index < -0.39 is 6.04 Å². The summed E-state index contributed by atoms with van der Waals surface area (Å²) in [7, 11) is 0. The molecular formula is C15H14BrNO2. The van der Waals surface area contributed by atoms with Gasteiger partial charge >= 0.3 is 0 Å². The van der Waals surface area contributed by atoms with Crippen molar-refractivity contribution in [1.29, 1.82) is 0 Å². The number of amides is 1. The fourth-order valence-electron chi connectivity index (χ4n) is 2.72. The molecule has 0 saturated heterocycles. The summed E-state index contributed by atoms with van der Waals surface area (Å²) < 4.78 is 0.708. The molecule has 2 bridgehead atoms. The number of ketones is 1. The number of unbranched alkanes of at least 4 members (excludes halogenated alkanes) is 1. The third kappa shape index (κ3) is 1.77. The number of carbonyl (C=O) groups is 2. The van der Waals surface area contributed by atoms with Gasteiger partial charge in [0.2, 0.25) is 0 Å². The van der Waals surface area contributed by atoms with E-state index in [-0.39, 0.29) is 11.7 Å². The van der Waals surface area contributed by atoms with Crippen molar-refractivity contribution in [2.24, 2.45) is 0 Å². The predicted octanol–water partition coefficient (Wildman–Crippen LogP) is 3.28. The smallest absolute Gasteiger partial charge is 0.256 e. The fraction of sp³-hybridized carbons (Fsp3) is 0.333. The maximum atomic E-state index is 12.6. The van der Waals surface area contributed by atoms with Crippen LogP contribution in [0, 0.1) is 0 Å². The zero-order chi connectivity index (χ0) is 13.6. The lowest BCUT2D eigenvalue weighted by Crippen LogP contribution is -2.50. The van der Waals surface area contributed by atoms with Crippen molar-refractivity contribution in [3.8, 4) is 0 Å². The summed E-state index contributed by atoms with van der Waals surface area (Å²) in [4.78, 5) is 26.8. The minimum absolute atomic E-state index is 0.0360. The Morgan fingerprint density at radius 1 is 1.26 bits per heavy atom. The summed E-state index contributed by atoms with van der Waals surface area (Å²) in [6.07, 6.45) is 5.70. The van der Waals surface area contributed by atoms with Crippen LogP contribution >= 0.6 is 15.9 Å². The maximum Gasteiger partial charge on any atom is 0.256 e. The van der Waals surface area contributed by atoms with Crippen LogP contribution in [-0.2, 0) is 0 Å². The van der Waals surface area contributed by atoms with Gasteiger partial charge < -0.3 is 4.90 Å². The van der Waals surface area contributed by atoms with Crippen LogP contribution in [0.3, 0.4) is 0 Å². The van der Waals surface area contributed by atoms with Gasteiger partial charge in [0.05, 0.1) is 5.56 Å². The second kappa shape index (κ2) is 4.60. The first kappa shape index (κ1) is 12.6. The van der Waals surface area contributed by atoms with E-state index in [0.29, 0.717) is 22.1 Å². The number of nitrogens with zero attached hydrogens (tertiary/aromatic N) is 1. The molecule has 1 unspecified atom stereocenters. The molecule has 3 rings (SSSR count). The molecule has 1 amide bonds. The zero-order valence-electron chi connectivity index (χ0n) is 10.6. The van der Waals surface area contributed by atoms with Gasteiger partial charge in [-0.05, 0) is 34.0 Å². The highest BCUT2D eigenvalue weighted by Gasteiger charge is 2.41. The number of halogens is 1. The lowest BCUT2D eigenvalue weighted by atomic mass is 9.84. The van der Waals surface area contributed by atoms with E-state index in [1.165, 1.54) is 0 Å². The Balaban J connectivity index is 2.16. The molecule has 0 radical (unpaired) electrons. The molecule has 1 aromatic rings. The minimum Gasteiger partial charge on any atom is -0.325 e. The van der Waals surface area contributed by atoms with E-state index in [2.05, 4.69) is 22.9 Å². The van der Waals surface area contributed by atoms with Gasteiger partial charge in [-0.2, -0.15) is 0 Å². The number of hydrogen-bond donors (Lipinski definition) is 0. The van der Waals surface area contributed by atoms with Crippen LogP contribution < -0.4 is 0 Å². The van der Waals surface area contributed by atoms with Crippen molar-refractivity contribution in [2.75, 3.05) is 6.54 Å². The molecule has 0 aromatic heterocycles. The van der Waals surface area contributed by atoms with Crippen LogP contribution in [0.5, 0.6) is 0 Å². The second-order valence-electron chi connectivity index (χ2n) is 4.91. The number of rotatable bonds is 3. The van der Waals surface area contributed by atoms with Gasteiger partial charge in [-0.15, -0.1) is 0 Å². The SMILES string of the molecule is CCCCN1C(=O)c2c(Br)ccc3c2C(=O)C1C=C3. The molecule has 0 spiro atoms. The van der Waals surface area contributed by atoms with Gasteiger partial charge in [-0.25, -0.2) is 0 Å². The van der Waals surface area contributed by atoms with E-state index >= 15 is 0 Å². The third-order valence-electron chi connectivity index (χ3n) is 3.72. The second-order valence-corrected chi connectivity index (χ2v) is 5.76. The number of Topliss-reactive ketones (excluding diaryl/α,β-unsaturated/α-hetero) is 1. The van der Waals surface area contributed by atoms with Crippen molar-refractivity contribution >= 4 is 33.7 Å². The van der Waals surface area contributed by atoms with Crippen LogP contribution in [0.1, 0.15) is 46.0 Å². The number of carbonyl (C=O) groups excluding carboxylic acids is 2. The average Bonchev–Trinajstić information content (AvgIpc) is 2.40. The number of fused-ring (bicyclic) bond motifs is 1. The largest absolute Gasteiger partial charge is 0.325 e. The molecule has 19 heavy (non-hydrogen) atoms. The van der Waals surface area contributed by atoms with Gasteiger partial charge in [0, 0.05) is 16.6 Å². The van der Waals surface area contributed by atoms with Crippen molar-refractivity contribution in [3.63, 3.8) is 0 Å². The standard InChI is InChI=1S/C15H14BrNO2/c1-2-3-8-17-11-7-5-9-4-6-10(16)13(15(17)19)12(9)14(11)18/h4-7,11H,2-3,8H2,1H3. The highest BCUT2D eigenvalue weighted by Crippen LogP contribution is 2.35. The first-order valence-electron chi connectivity index (χ1n) is 6.51. The van der Waals surface area contributed by atoms with Crippen LogP contribution in [0.4, 0.5) is 0 Å². The highest BCUT2D eigenvalue weighted by atomic mass is 79.9. The summed E-state index contributed by atoms with van der Waals surface area (Å²) in [6.45, 7) is 2.71. The molecular weight excluding hydrogens is 306 g/mol. The molecule has 98 valence electrons. The molecule has 0 saturated carbocycles. The summed E-state index contributed by atoms with van der Waals surface area (Å²) in [5, 5.41) is 0. The number of benzene rings is 1. The fourth-order valence-corrected chi connectivity index (χ4v) is 3.22. The summed E-state index contributed by atoms with van der Waals surface area (Å²) >= 11 is 3.40.